The second-order valence-electron chi connectivity index (χ2n) is 3.57. The summed E-state index contributed by atoms with van der Waals surface area (Å²) in [5.41, 5.74) is 0.692. The molecule has 0 spiro atoms. The van der Waals surface area contributed by atoms with Gasteiger partial charge in [0, 0.05) is 23.4 Å². The summed E-state index contributed by atoms with van der Waals surface area (Å²) in [6.45, 7) is 0.649. The van der Waals surface area contributed by atoms with Gasteiger partial charge in [0.05, 0.1) is 0 Å². The highest BCUT2D eigenvalue weighted by atomic mass is 35.5. The molecule has 0 unspecified atom stereocenters. The Morgan fingerprint density at radius 1 is 1.44 bits per heavy atom. The Morgan fingerprint density at radius 3 is 3.00 bits per heavy atom. The summed E-state index contributed by atoms with van der Waals surface area (Å²) in [5.74, 6) is 0.397. The smallest absolute Gasteiger partial charge is 0.199 e. The summed E-state index contributed by atoms with van der Waals surface area (Å²) in [4.78, 5) is 11.7. The Labute approximate surface area is 98.4 Å². The average molecular weight is 238 g/mol. The molecule has 2 rings (SSSR count). The lowest BCUT2D eigenvalue weighted by molar-refractivity contribution is 0.0958. The van der Waals surface area contributed by atoms with Crippen LogP contribution in [0.5, 0.6) is 0 Å². The van der Waals surface area contributed by atoms with Gasteiger partial charge in [-0.2, -0.15) is 0 Å². The number of carbonyl (C=O) groups excluding carboxylic acids is 1. The molecule has 1 N–H and O–H groups in total. The Morgan fingerprint density at radius 2 is 2.25 bits per heavy atom. The van der Waals surface area contributed by atoms with E-state index in [1.165, 1.54) is 0 Å². The summed E-state index contributed by atoms with van der Waals surface area (Å²) in [5, 5.41) is 4.43. The first-order chi connectivity index (χ1) is 7.70. The fourth-order valence-corrected chi connectivity index (χ4v) is 1.69. The zero-order valence-corrected chi connectivity index (χ0v) is 9.67. The van der Waals surface area contributed by atoms with Gasteiger partial charge in [0.1, 0.15) is 5.58 Å². The Bertz CT molecular complexity index is 519. The molecule has 1 aromatic heterocycles. The zero-order chi connectivity index (χ0) is 11.5. The molecule has 1 heterocycles. The molecule has 0 saturated carbocycles. The first kappa shape index (κ1) is 11.2. The minimum atomic E-state index is 0.00155. The molecule has 0 atom stereocenters. The molecule has 0 aliphatic carbocycles. The van der Waals surface area contributed by atoms with Gasteiger partial charge in [0.25, 0.3) is 0 Å². The van der Waals surface area contributed by atoms with Crippen molar-refractivity contribution in [2.45, 2.75) is 6.42 Å². The number of rotatable bonds is 4. The topological polar surface area (TPSA) is 42.2 Å². The maximum atomic E-state index is 11.7. The number of halogens is 1. The second kappa shape index (κ2) is 4.68. The van der Waals surface area contributed by atoms with Crippen LogP contribution in [0.3, 0.4) is 0 Å². The molecule has 0 aliphatic heterocycles. The van der Waals surface area contributed by atoms with E-state index < -0.39 is 0 Å². The van der Waals surface area contributed by atoms with Crippen LogP contribution in [-0.4, -0.2) is 19.4 Å². The first-order valence-electron chi connectivity index (χ1n) is 5.07. The third-order valence-electron chi connectivity index (χ3n) is 2.36. The van der Waals surface area contributed by atoms with Crippen LogP contribution in [-0.2, 0) is 0 Å². The van der Waals surface area contributed by atoms with Crippen LogP contribution in [0.25, 0.3) is 11.0 Å². The van der Waals surface area contributed by atoms with E-state index in [0.29, 0.717) is 29.3 Å². The third-order valence-corrected chi connectivity index (χ3v) is 2.59. The SMILES string of the molecule is CNCCC(=O)c1cc2cc(Cl)ccc2o1. The van der Waals surface area contributed by atoms with E-state index in [1.54, 1.807) is 24.3 Å². The molecule has 1 aromatic carbocycles. The molecule has 0 bridgehead atoms. The van der Waals surface area contributed by atoms with Crippen LogP contribution in [0, 0.1) is 0 Å². The number of benzene rings is 1. The minimum Gasteiger partial charge on any atom is -0.453 e. The third kappa shape index (κ3) is 2.26. The van der Waals surface area contributed by atoms with Crippen LogP contribution >= 0.6 is 11.6 Å². The molecule has 0 amide bonds. The van der Waals surface area contributed by atoms with E-state index in [1.807, 2.05) is 7.05 Å². The molecular weight excluding hydrogens is 226 g/mol. The molecular formula is C12H12ClNO2. The maximum Gasteiger partial charge on any atom is 0.199 e. The summed E-state index contributed by atoms with van der Waals surface area (Å²) in [7, 11) is 1.81. The predicted octanol–water partition coefficient (Wildman–Crippen LogP) is 2.88. The van der Waals surface area contributed by atoms with Gasteiger partial charge in [-0.15, -0.1) is 0 Å². The molecule has 0 aliphatic rings. The number of nitrogens with one attached hydrogen (secondary N) is 1. The lowest BCUT2D eigenvalue weighted by Gasteiger charge is -1.95. The van der Waals surface area contributed by atoms with Crippen molar-refractivity contribution in [3.05, 3.63) is 35.0 Å². The van der Waals surface area contributed by atoms with E-state index in [0.717, 1.165) is 5.39 Å². The molecule has 2 aromatic rings. The molecule has 3 nitrogen and oxygen atoms in total. The van der Waals surface area contributed by atoms with Crippen LogP contribution in [0.15, 0.2) is 28.7 Å². The van der Waals surface area contributed by atoms with Crippen molar-refractivity contribution in [1.29, 1.82) is 0 Å². The van der Waals surface area contributed by atoms with Crippen molar-refractivity contribution >= 4 is 28.4 Å². The Hall–Kier alpha value is -1.32. The molecule has 0 fully saturated rings. The number of furan rings is 1. The van der Waals surface area contributed by atoms with Crippen molar-refractivity contribution in [1.82, 2.24) is 5.32 Å². The van der Waals surface area contributed by atoms with Crippen LogP contribution in [0.4, 0.5) is 0 Å². The normalized spacial score (nSPS) is 10.9. The highest BCUT2D eigenvalue weighted by molar-refractivity contribution is 6.31. The van der Waals surface area contributed by atoms with Gasteiger partial charge < -0.3 is 9.73 Å². The van der Waals surface area contributed by atoms with Crippen LogP contribution in [0.2, 0.25) is 5.02 Å². The Balaban J connectivity index is 2.28. The first-order valence-corrected chi connectivity index (χ1v) is 5.45. The number of hydrogen-bond donors (Lipinski definition) is 1. The number of Topliss-reactive ketones (excluding diaryl/α,β-unsaturated/α-hetero) is 1. The molecule has 16 heavy (non-hydrogen) atoms. The van der Waals surface area contributed by atoms with Crippen molar-refractivity contribution < 1.29 is 9.21 Å². The number of hydrogen-bond acceptors (Lipinski definition) is 3. The highest BCUT2D eigenvalue weighted by Gasteiger charge is 2.11. The van der Waals surface area contributed by atoms with E-state index >= 15 is 0 Å². The lowest BCUT2D eigenvalue weighted by Crippen LogP contribution is -2.12. The number of ketones is 1. The largest absolute Gasteiger partial charge is 0.453 e. The maximum absolute atomic E-state index is 11.7. The number of carbonyl (C=O) groups is 1. The van der Waals surface area contributed by atoms with E-state index in [9.17, 15) is 4.79 Å². The van der Waals surface area contributed by atoms with E-state index in [2.05, 4.69) is 5.32 Å². The predicted molar refractivity (Wildman–Crippen MR) is 64.1 cm³/mol. The fourth-order valence-electron chi connectivity index (χ4n) is 1.51. The van der Waals surface area contributed by atoms with Crippen molar-refractivity contribution in [2.75, 3.05) is 13.6 Å². The van der Waals surface area contributed by atoms with Gasteiger partial charge in [-0.1, -0.05) is 11.6 Å². The fraction of sp³-hybridized carbons (Fsp3) is 0.250. The second-order valence-corrected chi connectivity index (χ2v) is 4.01. The Kier molecular flexibility index (Phi) is 3.27. The lowest BCUT2D eigenvalue weighted by atomic mass is 10.2. The molecule has 0 saturated heterocycles. The summed E-state index contributed by atoms with van der Waals surface area (Å²) in [6, 6.07) is 7.04. The van der Waals surface area contributed by atoms with Crippen molar-refractivity contribution in [3.8, 4) is 0 Å². The number of fused-ring (bicyclic) bond motifs is 1. The van der Waals surface area contributed by atoms with Gasteiger partial charge in [-0.25, -0.2) is 0 Å². The zero-order valence-electron chi connectivity index (χ0n) is 8.92. The molecule has 84 valence electrons. The van der Waals surface area contributed by atoms with Crippen molar-refractivity contribution in [3.63, 3.8) is 0 Å². The molecule has 4 heteroatoms. The molecule has 0 radical (unpaired) electrons. The van der Waals surface area contributed by atoms with Gasteiger partial charge in [-0.05, 0) is 31.3 Å². The average Bonchev–Trinajstić information content (AvgIpc) is 2.68. The summed E-state index contributed by atoms with van der Waals surface area (Å²) < 4.78 is 5.45. The highest BCUT2D eigenvalue weighted by Crippen LogP contribution is 2.23. The van der Waals surface area contributed by atoms with Crippen LogP contribution in [0.1, 0.15) is 17.0 Å². The van der Waals surface area contributed by atoms with E-state index in [-0.39, 0.29) is 5.78 Å². The summed E-state index contributed by atoms with van der Waals surface area (Å²) >= 11 is 5.85. The minimum absolute atomic E-state index is 0.00155. The van der Waals surface area contributed by atoms with Gasteiger partial charge in [0.2, 0.25) is 0 Å². The van der Waals surface area contributed by atoms with Crippen LogP contribution < -0.4 is 5.32 Å². The summed E-state index contributed by atoms with van der Waals surface area (Å²) in [6.07, 6.45) is 0.435. The standard InChI is InChI=1S/C12H12ClNO2/c1-14-5-4-10(15)12-7-8-6-9(13)2-3-11(8)16-12/h2-3,6-7,14H,4-5H2,1H3. The van der Waals surface area contributed by atoms with Gasteiger partial charge in [-0.3, -0.25) is 4.79 Å². The van der Waals surface area contributed by atoms with Gasteiger partial charge in [0.15, 0.2) is 11.5 Å². The van der Waals surface area contributed by atoms with E-state index in [4.69, 9.17) is 16.0 Å². The quantitative estimate of drug-likeness (QED) is 0.832. The van der Waals surface area contributed by atoms with Crippen molar-refractivity contribution in [2.24, 2.45) is 0 Å². The monoisotopic (exact) mass is 237 g/mol. The van der Waals surface area contributed by atoms with Gasteiger partial charge >= 0.3 is 0 Å².